The average molecular weight is 284 g/mol. The third-order valence-corrected chi connectivity index (χ3v) is 3.36. The Kier molecular flexibility index (Phi) is 5.69. The third kappa shape index (κ3) is 5.16. The molecular formula is C17H24N4. The molecule has 0 saturated heterocycles. The lowest BCUT2D eigenvalue weighted by Crippen LogP contribution is -2.24. The summed E-state index contributed by atoms with van der Waals surface area (Å²) in [6.07, 6.45) is 4.67. The third-order valence-electron chi connectivity index (χ3n) is 3.36. The number of pyridine rings is 2. The highest BCUT2D eigenvalue weighted by molar-refractivity contribution is 5.38. The summed E-state index contributed by atoms with van der Waals surface area (Å²) in [6, 6.07) is 10.8. The van der Waals surface area contributed by atoms with Crippen molar-refractivity contribution in [1.82, 2.24) is 15.3 Å². The predicted molar refractivity (Wildman–Crippen MR) is 87.4 cm³/mol. The van der Waals surface area contributed by atoms with Crippen LogP contribution in [-0.4, -0.2) is 29.6 Å². The summed E-state index contributed by atoms with van der Waals surface area (Å²) < 4.78 is 0. The van der Waals surface area contributed by atoms with Gasteiger partial charge in [0.15, 0.2) is 0 Å². The standard InChI is InChI=1S/C17H24N4/c1-14(2)19-13-16-5-4-6-17(20-16)21(3)12-9-15-7-10-18-11-8-15/h4-8,10-11,14,19H,9,12-13H2,1-3H3. The van der Waals surface area contributed by atoms with Crippen molar-refractivity contribution < 1.29 is 0 Å². The number of hydrogen-bond donors (Lipinski definition) is 1. The van der Waals surface area contributed by atoms with E-state index in [1.165, 1.54) is 5.56 Å². The van der Waals surface area contributed by atoms with Crippen LogP contribution >= 0.6 is 0 Å². The Morgan fingerprint density at radius 3 is 2.62 bits per heavy atom. The number of nitrogens with zero attached hydrogens (tertiary/aromatic N) is 3. The van der Waals surface area contributed by atoms with Crippen LogP contribution in [0.15, 0.2) is 42.7 Å². The maximum atomic E-state index is 4.71. The molecule has 4 heteroatoms. The molecule has 2 aromatic rings. The van der Waals surface area contributed by atoms with Gasteiger partial charge in [-0.1, -0.05) is 19.9 Å². The molecule has 2 heterocycles. The second-order valence-electron chi connectivity index (χ2n) is 5.55. The van der Waals surface area contributed by atoms with Gasteiger partial charge >= 0.3 is 0 Å². The zero-order valence-electron chi connectivity index (χ0n) is 13.1. The molecule has 0 fully saturated rings. The van der Waals surface area contributed by atoms with E-state index in [-0.39, 0.29) is 0 Å². The number of hydrogen-bond acceptors (Lipinski definition) is 4. The normalized spacial score (nSPS) is 10.9. The summed E-state index contributed by atoms with van der Waals surface area (Å²) in [5.41, 5.74) is 2.38. The first kappa shape index (κ1) is 15.4. The molecule has 1 N–H and O–H groups in total. The highest BCUT2D eigenvalue weighted by Gasteiger charge is 2.04. The maximum Gasteiger partial charge on any atom is 0.128 e. The van der Waals surface area contributed by atoms with Crippen molar-refractivity contribution in [3.05, 3.63) is 54.0 Å². The Balaban J connectivity index is 1.92. The number of nitrogens with one attached hydrogen (secondary N) is 1. The Hall–Kier alpha value is -1.94. The fourth-order valence-corrected chi connectivity index (χ4v) is 2.05. The molecule has 0 spiro atoms. The molecule has 0 saturated carbocycles. The zero-order valence-corrected chi connectivity index (χ0v) is 13.1. The van der Waals surface area contributed by atoms with Crippen LogP contribution in [0, 0.1) is 0 Å². The molecule has 0 radical (unpaired) electrons. The molecule has 0 aliphatic carbocycles. The van der Waals surface area contributed by atoms with Crippen LogP contribution in [0.25, 0.3) is 0 Å². The molecule has 0 amide bonds. The summed E-state index contributed by atoms with van der Waals surface area (Å²) in [6.45, 7) is 6.04. The predicted octanol–water partition coefficient (Wildman–Crippen LogP) is 2.65. The molecule has 0 aliphatic heterocycles. The largest absolute Gasteiger partial charge is 0.359 e. The maximum absolute atomic E-state index is 4.71. The van der Waals surface area contributed by atoms with E-state index in [4.69, 9.17) is 4.98 Å². The van der Waals surface area contributed by atoms with E-state index in [2.05, 4.69) is 66.4 Å². The van der Waals surface area contributed by atoms with Crippen LogP contribution in [-0.2, 0) is 13.0 Å². The molecule has 0 unspecified atom stereocenters. The molecule has 2 aromatic heterocycles. The summed E-state index contributed by atoms with van der Waals surface area (Å²) in [5, 5.41) is 3.40. The van der Waals surface area contributed by atoms with Crippen molar-refractivity contribution in [1.29, 1.82) is 0 Å². The van der Waals surface area contributed by atoms with Crippen molar-refractivity contribution in [2.24, 2.45) is 0 Å². The first-order valence-corrected chi connectivity index (χ1v) is 7.44. The quantitative estimate of drug-likeness (QED) is 0.848. The summed E-state index contributed by atoms with van der Waals surface area (Å²) in [4.78, 5) is 10.9. The molecule has 0 bridgehead atoms. The summed E-state index contributed by atoms with van der Waals surface area (Å²) >= 11 is 0. The Bertz CT molecular complexity index is 539. The number of anilines is 1. The van der Waals surface area contributed by atoms with Crippen molar-refractivity contribution >= 4 is 5.82 Å². The van der Waals surface area contributed by atoms with Crippen LogP contribution in [0.4, 0.5) is 5.82 Å². The highest BCUT2D eigenvalue weighted by atomic mass is 15.2. The van der Waals surface area contributed by atoms with Gasteiger partial charge in [0.2, 0.25) is 0 Å². The Morgan fingerprint density at radius 1 is 1.14 bits per heavy atom. The molecule has 2 rings (SSSR count). The average Bonchev–Trinajstić information content (AvgIpc) is 2.52. The first-order valence-electron chi connectivity index (χ1n) is 7.44. The van der Waals surface area contributed by atoms with E-state index in [1.54, 1.807) is 0 Å². The van der Waals surface area contributed by atoms with Gasteiger partial charge in [0.1, 0.15) is 5.82 Å². The minimum atomic E-state index is 0.472. The van der Waals surface area contributed by atoms with Gasteiger partial charge in [-0.2, -0.15) is 0 Å². The van der Waals surface area contributed by atoms with Crippen molar-refractivity contribution in [2.45, 2.75) is 32.9 Å². The van der Waals surface area contributed by atoms with E-state index >= 15 is 0 Å². The van der Waals surface area contributed by atoms with Crippen LogP contribution in [0.1, 0.15) is 25.1 Å². The lowest BCUT2D eigenvalue weighted by atomic mass is 10.2. The lowest BCUT2D eigenvalue weighted by Gasteiger charge is -2.19. The molecule has 4 nitrogen and oxygen atoms in total. The van der Waals surface area contributed by atoms with E-state index in [9.17, 15) is 0 Å². The van der Waals surface area contributed by atoms with E-state index in [0.717, 1.165) is 31.0 Å². The second-order valence-corrected chi connectivity index (χ2v) is 5.55. The molecular weight excluding hydrogens is 260 g/mol. The topological polar surface area (TPSA) is 41.0 Å². The molecule has 0 atom stereocenters. The van der Waals surface area contributed by atoms with Gasteiger partial charge in [-0.05, 0) is 36.2 Å². The molecule has 21 heavy (non-hydrogen) atoms. The second kappa shape index (κ2) is 7.74. The smallest absolute Gasteiger partial charge is 0.128 e. The molecule has 0 aliphatic rings. The van der Waals surface area contributed by atoms with Crippen LogP contribution in [0.3, 0.4) is 0 Å². The lowest BCUT2D eigenvalue weighted by molar-refractivity contribution is 0.581. The highest BCUT2D eigenvalue weighted by Crippen LogP contribution is 2.11. The van der Waals surface area contributed by atoms with Gasteiger partial charge in [0, 0.05) is 38.6 Å². The van der Waals surface area contributed by atoms with Crippen LogP contribution in [0.5, 0.6) is 0 Å². The number of rotatable bonds is 7. The minimum Gasteiger partial charge on any atom is -0.359 e. The first-order chi connectivity index (χ1) is 10.1. The minimum absolute atomic E-state index is 0.472. The van der Waals surface area contributed by atoms with Gasteiger partial charge in [0.25, 0.3) is 0 Å². The van der Waals surface area contributed by atoms with Gasteiger partial charge in [0.05, 0.1) is 5.69 Å². The van der Waals surface area contributed by atoms with E-state index in [0.29, 0.717) is 6.04 Å². The number of aromatic nitrogens is 2. The fourth-order valence-electron chi connectivity index (χ4n) is 2.05. The Morgan fingerprint density at radius 2 is 1.90 bits per heavy atom. The van der Waals surface area contributed by atoms with Gasteiger partial charge in [-0.25, -0.2) is 4.98 Å². The zero-order chi connectivity index (χ0) is 15.1. The van der Waals surface area contributed by atoms with E-state index < -0.39 is 0 Å². The van der Waals surface area contributed by atoms with Gasteiger partial charge in [-0.3, -0.25) is 4.98 Å². The summed E-state index contributed by atoms with van der Waals surface area (Å²) in [5.74, 6) is 1.02. The monoisotopic (exact) mass is 284 g/mol. The summed E-state index contributed by atoms with van der Waals surface area (Å²) in [7, 11) is 2.09. The Labute approximate surface area is 127 Å². The van der Waals surface area contributed by atoms with E-state index in [1.807, 2.05) is 12.4 Å². The van der Waals surface area contributed by atoms with Crippen molar-refractivity contribution in [2.75, 3.05) is 18.5 Å². The van der Waals surface area contributed by atoms with Gasteiger partial charge < -0.3 is 10.2 Å². The SMILES string of the molecule is CC(C)NCc1cccc(N(C)CCc2ccncc2)n1. The van der Waals surface area contributed by atoms with Gasteiger partial charge in [-0.15, -0.1) is 0 Å². The molecule has 0 aromatic carbocycles. The molecule has 112 valence electrons. The van der Waals surface area contributed by atoms with Crippen molar-refractivity contribution in [3.8, 4) is 0 Å². The number of likely N-dealkylation sites (N-methyl/N-ethyl adjacent to an activating group) is 1. The van der Waals surface area contributed by atoms with Crippen LogP contribution < -0.4 is 10.2 Å². The van der Waals surface area contributed by atoms with Crippen LogP contribution in [0.2, 0.25) is 0 Å². The van der Waals surface area contributed by atoms with Crippen molar-refractivity contribution in [3.63, 3.8) is 0 Å². The fraction of sp³-hybridized carbons (Fsp3) is 0.412.